The topological polar surface area (TPSA) is 32.3 Å². The fourth-order valence-corrected chi connectivity index (χ4v) is 2.36. The lowest BCUT2D eigenvalue weighted by atomic mass is 10.1. The Hall–Kier alpha value is -1.22. The molecule has 0 spiro atoms. The van der Waals surface area contributed by atoms with Crippen molar-refractivity contribution in [2.24, 2.45) is 0 Å². The van der Waals surface area contributed by atoms with E-state index in [2.05, 4.69) is 24.1 Å². The molecule has 0 bridgehead atoms. The van der Waals surface area contributed by atoms with Gasteiger partial charge in [0.1, 0.15) is 0 Å². The van der Waals surface area contributed by atoms with E-state index in [1.165, 1.54) is 0 Å². The van der Waals surface area contributed by atoms with Crippen molar-refractivity contribution in [3.63, 3.8) is 0 Å². The normalized spacial score (nSPS) is 16.2. The summed E-state index contributed by atoms with van der Waals surface area (Å²) in [5, 5.41) is 3.50. The number of halogens is 1. The van der Waals surface area contributed by atoms with Gasteiger partial charge in [-0.3, -0.25) is 4.79 Å². The molecule has 0 aromatic heterocycles. The number of anilines is 2. The average Bonchev–Trinajstić information content (AvgIpc) is 2.24. The number of nitrogens with zero attached hydrogens (tertiary/aromatic N) is 1. The van der Waals surface area contributed by atoms with Crippen LogP contribution in [-0.2, 0) is 4.79 Å². The summed E-state index contributed by atoms with van der Waals surface area (Å²) in [4.78, 5) is 13.9. The van der Waals surface area contributed by atoms with Gasteiger partial charge in [0.25, 0.3) is 0 Å². The molecule has 0 atom stereocenters. The molecule has 2 rings (SSSR count). The Labute approximate surface area is 107 Å². The third kappa shape index (κ3) is 2.55. The van der Waals surface area contributed by atoms with Gasteiger partial charge >= 0.3 is 0 Å². The second-order valence-corrected chi connectivity index (χ2v) is 4.98. The van der Waals surface area contributed by atoms with Crippen LogP contribution in [-0.4, -0.2) is 18.5 Å². The number of hydrogen-bond acceptors (Lipinski definition) is 2. The molecule has 0 fully saturated rings. The van der Waals surface area contributed by atoms with E-state index >= 15 is 0 Å². The van der Waals surface area contributed by atoms with E-state index in [1.54, 1.807) is 6.07 Å². The second kappa shape index (κ2) is 4.96. The van der Waals surface area contributed by atoms with Crippen LogP contribution in [0.5, 0.6) is 0 Å². The molecular weight excluding hydrogens is 236 g/mol. The Morgan fingerprint density at radius 1 is 1.41 bits per heavy atom. The standard InChI is InChI=1S/C13H17ClN2O/c1-9(2)16-8-4-7-12(17)15-13-10(14)5-3-6-11(13)16/h3,5-6,9H,4,7-8H2,1-2H3,(H,15,17). The molecule has 1 N–H and O–H groups in total. The summed E-state index contributed by atoms with van der Waals surface area (Å²) in [7, 11) is 0. The molecule has 1 aromatic carbocycles. The molecule has 1 aliphatic rings. The van der Waals surface area contributed by atoms with Crippen LogP contribution in [0.4, 0.5) is 11.4 Å². The first kappa shape index (κ1) is 12.2. The molecule has 0 saturated carbocycles. The van der Waals surface area contributed by atoms with Gasteiger partial charge in [-0.2, -0.15) is 0 Å². The highest BCUT2D eigenvalue weighted by Crippen LogP contribution is 2.35. The molecule has 0 radical (unpaired) electrons. The Bertz CT molecular complexity index is 431. The van der Waals surface area contributed by atoms with Crippen molar-refractivity contribution in [1.29, 1.82) is 0 Å². The first-order chi connectivity index (χ1) is 8.09. The van der Waals surface area contributed by atoms with Crippen molar-refractivity contribution in [2.75, 3.05) is 16.8 Å². The molecular formula is C13H17ClN2O. The third-order valence-corrected chi connectivity index (χ3v) is 3.31. The summed E-state index contributed by atoms with van der Waals surface area (Å²) in [6.45, 7) is 5.18. The molecule has 17 heavy (non-hydrogen) atoms. The van der Waals surface area contributed by atoms with Gasteiger partial charge < -0.3 is 10.2 Å². The highest BCUT2D eigenvalue weighted by atomic mass is 35.5. The van der Waals surface area contributed by atoms with Gasteiger partial charge in [-0.25, -0.2) is 0 Å². The van der Waals surface area contributed by atoms with Gasteiger partial charge in [-0.15, -0.1) is 0 Å². The lowest BCUT2D eigenvalue weighted by Crippen LogP contribution is -2.34. The predicted molar refractivity (Wildman–Crippen MR) is 71.8 cm³/mol. The molecule has 0 aliphatic carbocycles. The quantitative estimate of drug-likeness (QED) is 0.832. The monoisotopic (exact) mass is 252 g/mol. The van der Waals surface area contributed by atoms with Gasteiger partial charge in [0.15, 0.2) is 0 Å². The number of rotatable bonds is 1. The largest absolute Gasteiger partial charge is 0.367 e. The zero-order valence-electron chi connectivity index (χ0n) is 10.2. The maximum Gasteiger partial charge on any atom is 0.224 e. The smallest absolute Gasteiger partial charge is 0.224 e. The highest BCUT2D eigenvalue weighted by Gasteiger charge is 2.20. The summed E-state index contributed by atoms with van der Waals surface area (Å²) in [5.41, 5.74) is 1.76. The lowest BCUT2D eigenvalue weighted by molar-refractivity contribution is -0.116. The van der Waals surface area contributed by atoms with Crippen molar-refractivity contribution in [3.8, 4) is 0 Å². The zero-order chi connectivity index (χ0) is 12.4. The van der Waals surface area contributed by atoms with E-state index in [1.807, 2.05) is 12.1 Å². The van der Waals surface area contributed by atoms with Gasteiger partial charge in [-0.1, -0.05) is 17.7 Å². The number of carbonyl (C=O) groups is 1. The molecule has 92 valence electrons. The minimum Gasteiger partial charge on any atom is -0.367 e. The van der Waals surface area contributed by atoms with Crippen LogP contribution in [0.3, 0.4) is 0 Å². The second-order valence-electron chi connectivity index (χ2n) is 4.57. The van der Waals surface area contributed by atoms with Crippen molar-refractivity contribution < 1.29 is 4.79 Å². The summed E-state index contributed by atoms with van der Waals surface area (Å²) >= 11 is 6.16. The minimum atomic E-state index is 0.0442. The van der Waals surface area contributed by atoms with E-state index in [9.17, 15) is 4.79 Å². The molecule has 3 nitrogen and oxygen atoms in total. The molecule has 1 amide bonds. The van der Waals surface area contributed by atoms with E-state index in [0.717, 1.165) is 24.3 Å². The summed E-state index contributed by atoms with van der Waals surface area (Å²) < 4.78 is 0. The fraction of sp³-hybridized carbons (Fsp3) is 0.462. The minimum absolute atomic E-state index is 0.0442. The van der Waals surface area contributed by atoms with Crippen LogP contribution in [0.1, 0.15) is 26.7 Å². The van der Waals surface area contributed by atoms with E-state index in [4.69, 9.17) is 11.6 Å². The van der Waals surface area contributed by atoms with Crippen LogP contribution < -0.4 is 10.2 Å². The number of carbonyl (C=O) groups excluding carboxylic acids is 1. The van der Waals surface area contributed by atoms with Crippen molar-refractivity contribution in [2.45, 2.75) is 32.7 Å². The zero-order valence-corrected chi connectivity index (χ0v) is 10.9. The van der Waals surface area contributed by atoms with Crippen LogP contribution in [0, 0.1) is 0 Å². The fourth-order valence-electron chi connectivity index (χ4n) is 2.14. The van der Waals surface area contributed by atoms with Crippen molar-refractivity contribution >= 4 is 28.9 Å². The van der Waals surface area contributed by atoms with Crippen LogP contribution in [0.15, 0.2) is 18.2 Å². The number of amides is 1. The Morgan fingerprint density at radius 2 is 2.18 bits per heavy atom. The highest BCUT2D eigenvalue weighted by molar-refractivity contribution is 6.34. The SMILES string of the molecule is CC(C)N1CCCC(=O)Nc2c(Cl)cccc21. The van der Waals surface area contributed by atoms with Gasteiger partial charge in [0.05, 0.1) is 16.4 Å². The number of nitrogens with one attached hydrogen (secondary N) is 1. The van der Waals surface area contributed by atoms with Crippen LogP contribution in [0.2, 0.25) is 5.02 Å². The van der Waals surface area contributed by atoms with Crippen LogP contribution >= 0.6 is 11.6 Å². The number of fused-ring (bicyclic) bond motifs is 1. The first-order valence-electron chi connectivity index (χ1n) is 5.94. The number of hydrogen-bond donors (Lipinski definition) is 1. The maximum atomic E-state index is 11.6. The third-order valence-electron chi connectivity index (χ3n) is 2.99. The Balaban J connectivity index is 2.48. The lowest BCUT2D eigenvalue weighted by Gasteiger charge is -2.32. The Kier molecular flexibility index (Phi) is 3.57. The molecule has 0 unspecified atom stereocenters. The van der Waals surface area contributed by atoms with Crippen LogP contribution in [0.25, 0.3) is 0 Å². The molecule has 4 heteroatoms. The van der Waals surface area contributed by atoms with E-state index in [-0.39, 0.29) is 5.91 Å². The molecule has 0 saturated heterocycles. The van der Waals surface area contributed by atoms with Crippen molar-refractivity contribution in [3.05, 3.63) is 23.2 Å². The van der Waals surface area contributed by atoms with E-state index < -0.39 is 0 Å². The Morgan fingerprint density at radius 3 is 2.88 bits per heavy atom. The van der Waals surface area contributed by atoms with E-state index in [0.29, 0.717) is 17.5 Å². The average molecular weight is 253 g/mol. The number of benzene rings is 1. The molecule has 1 heterocycles. The molecule has 1 aliphatic heterocycles. The van der Waals surface area contributed by atoms with Crippen molar-refractivity contribution in [1.82, 2.24) is 0 Å². The summed E-state index contributed by atoms with van der Waals surface area (Å²) in [5.74, 6) is 0.0442. The van der Waals surface area contributed by atoms with Gasteiger partial charge in [-0.05, 0) is 32.4 Å². The number of para-hydroxylation sites is 1. The summed E-state index contributed by atoms with van der Waals surface area (Å²) in [6.07, 6.45) is 1.42. The van der Waals surface area contributed by atoms with Gasteiger partial charge in [0.2, 0.25) is 5.91 Å². The predicted octanol–water partition coefficient (Wildman–Crippen LogP) is 3.29. The maximum absolute atomic E-state index is 11.6. The summed E-state index contributed by atoms with van der Waals surface area (Å²) in [6, 6.07) is 6.12. The first-order valence-corrected chi connectivity index (χ1v) is 6.32. The molecule has 1 aromatic rings. The van der Waals surface area contributed by atoms with Gasteiger partial charge in [0, 0.05) is 19.0 Å².